The minimum atomic E-state index is -1.54. The van der Waals surface area contributed by atoms with Gasteiger partial charge in [-0.1, -0.05) is 54.6 Å². The summed E-state index contributed by atoms with van der Waals surface area (Å²) >= 11 is 1.47. The van der Waals surface area contributed by atoms with Gasteiger partial charge in [-0.25, -0.2) is 0 Å². The Morgan fingerprint density at radius 2 is 1.78 bits per heavy atom. The Labute approximate surface area is 222 Å². The molecule has 200 valence electrons. The van der Waals surface area contributed by atoms with Crippen LogP contribution in [0, 0.1) is 6.92 Å². The molecule has 9 heteroatoms. The van der Waals surface area contributed by atoms with Crippen LogP contribution in [0.2, 0.25) is 0 Å². The third-order valence-corrected chi connectivity index (χ3v) is 8.01. The molecule has 1 saturated heterocycles. The molecule has 37 heavy (non-hydrogen) atoms. The van der Waals surface area contributed by atoms with Crippen LogP contribution in [0.3, 0.4) is 0 Å². The van der Waals surface area contributed by atoms with Crippen molar-refractivity contribution >= 4 is 29.5 Å². The van der Waals surface area contributed by atoms with Crippen LogP contribution in [0.1, 0.15) is 43.4 Å². The van der Waals surface area contributed by atoms with Crippen LogP contribution < -0.4 is 10.6 Å². The molecule has 0 bridgehead atoms. The van der Waals surface area contributed by atoms with Crippen molar-refractivity contribution in [3.05, 3.63) is 71.3 Å². The second-order valence-corrected chi connectivity index (χ2v) is 11.5. The summed E-state index contributed by atoms with van der Waals surface area (Å²) in [7, 11) is 0. The standard InChI is InChI=1S/C28H37N3O5S/c1-19-10-7-8-13-21(19)17-29-26(35)25-28(2,3)37-18-31(25)27(36)24(34)22(30-23(33)14-9-15-32)16-20-11-5-4-6-12-20/h4-8,10-13,22,24-25,32,34H,9,14-18H2,1-3H3,(H,29,35)(H,30,33)/t22-,24-,25+/m0/s1. The molecular weight excluding hydrogens is 490 g/mol. The molecule has 0 aliphatic carbocycles. The zero-order valence-corrected chi connectivity index (χ0v) is 22.5. The van der Waals surface area contributed by atoms with E-state index >= 15 is 0 Å². The second-order valence-electron chi connectivity index (χ2n) is 9.87. The van der Waals surface area contributed by atoms with Crippen LogP contribution in [-0.4, -0.2) is 68.3 Å². The number of benzene rings is 2. The number of nitrogens with zero attached hydrogens (tertiary/aromatic N) is 1. The summed E-state index contributed by atoms with van der Waals surface area (Å²) in [5, 5.41) is 26.0. The zero-order chi connectivity index (χ0) is 27.0. The number of aryl methyl sites for hydroxylation is 1. The Hall–Kier alpha value is -2.88. The van der Waals surface area contributed by atoms with Gasteiger partial charge in [0.05, 0.1) is 11.9 Å². The first-order valence-corrected chi connectivity index (χ1v) is 13.5. The highest BCUT2D eigenvalue weighted by Gasteiger charge is 2.49. The summed E-state index contributed by atoms with van der Waals surface area (Å²) in [6.45, 7) is 6.01. The monoisotopic (exact) mass is 527 g/mol. The van der Waals surface area contributed by atoms with Gasteiger partial charge in [0, 0.05) is 24.3 Å². The molecule has 3 rings (SSSR count). The smallest absolute Gasteiger partial charge is 0.254 e. The molecule has 0 aromatic heterocycles. The lowest BCUT2D eigenvalue weighted by Gasteiger charge is -2.33. The fraction of sp³-hybridized carbons (Fsp3) is 0.464. The number of carbonyl (C=O) groups excluding carboxylic acids is 3. The fourth-order valence-electron chi connectivity index (χ4n) is 4.47. The molecule has 0 saturated carbocycles. The maximum absolute atomic E-state index is 13.6. The van der Waals surface area contributed by atoms with E-state index in [4.69, 9.17) is 5.11 Å². The number of rotatable bonds is 11. The SMILES string of the molecule is Cc1ccccc1CNC(=O)[C@H]1N(C(=O)[C@@H](O)[C@H](Cc2ccccc2)NC(=O)CCCO)CSC1(C)C. The van der Waals surface area contributed by atoms with Crippen LogP contribution in [0.4, 0.5) is 0 Å². The lowest BCUT2D eigenvalue weighted by atomic mass is 9.97. The topological polar surface area (TPSA) is 119 Å². The van der Waals surface area contributed by atoms with Gasteiger partial charge in [0.1, 0.15) is 6.04 Å². The molecule has 1 aliphatic heterocycles. The number of thioether (sulfide) groups is 1. The molecule has 0 unspecified atom stereocenters. The summed E-state index contributed by atoms with van der Waals surface area (Å²) < 4.78 is -0.565. The van der Waals surface area contributed by atoms with Gasteiger partial charge in [-0.2, -0.15) is 0 Å². The molecule has 2 aromatic carbocycles. The second kappa shape index (κ2) is 13.1. The van der Waals surface area contributed by atoms with E-state index in [1.54, 1.807) is 0 Å². The third-order valence-electron chi connectivity index (χ3n) is 6.63. The highest BCUT2D eigenvalue weighted by molar-refractivity contribution is 8.00. The van der Waals surface area contributed by atoms with Crippen LogP contribution >= 0.6 is 11.8 Å². The molecule has 1 fully saturated rings. The highest BCUT2D eigenvalue weighted by atomic mass is 32.2. The van der Waals surface area contributed by atoms with Gasteiger partial charge in [-0.15, -0.1) is 11.8 Å². The van der Waals surface area contributed by atoms with Crippen LogP contribution in [0.5, 0.6) is 0 Å². The van der Waals surface area contributed by atoms with E-state index in [1.165, 1.54) is 16.7 Å². The fourth-order valence-corrected chi connectivity index (χ4v) is 5.61. The van der Waals surface area contributed by atoms with Gasteiger partial charge in [0.2, 0.25) is 11.8 Å². The first-order valence-electron chi connectivity index (χ1n) is 12.5. The van der Waals surface area contributed by atoms with Crippen molar-refractivity contribution in [3.8, 4) is 0 Å². The van der Waals surface area contributed by atoms with E-state index in [2.05, 4.69) is 10.6 Å². The van der Waals surface area contributed by atoms with Gasteiger partial charge in [-0.3, -0.25) is 14.4 Å². The molecular formula is C28H37N3O5S. The largest absolute Gasteiger partial charge is 0.396 e. The molecule has 4 N–H and O–H groups in total. The van der Waals surface area contributed by atoms with Crippen LogP contribution in [-0.2, 0) is 27.3 Å². The van der Waals surface area contributed by atoms with Crippen molar-refractivity contribution in [3.63, 3.8) is 0 Å². The first-order chi connectivity index (χ1) is 17.6. The molecule has 3 atom stereocenters. The minimum absolute atomic E-state index is 0.0826. The van der Waals surface area contributed by atoms with Gasteiger partial charge < -0.3 is 25.7 Å². The molecule has 3 amide bonds. The van der Waals surface area contributed by atoms with Crippen LogP contribution in [0.15, 0.2) is 54.6 Å². The van der Waals surface area contributed by atoms with E-state index in [0.717, 1.165) is 16.7 Å². The minimum Gasteiger partial charge on any atom is -0.396 e. The average Bonchev–Trinajstić information content (AvgIpc) is 3.21. The number of hydrogen-bond acceptors (Lipinski definition) is 6. The normalized spacial score (nSPS) is 18.2. The summed E-state index contributed by atoms with van der Waals surface area (Å²) in [5.41, 5.74) is 2.91. The lowest BCUT2D eigenvalue weighted by molar-refractivity contribution is -0.147. The first kappa shape index (κ1) is 28.7. The number of aliphatic hydroxyl groups is 2. The Bertz CT molecular complexity index is 1080. The summed E-state index contributed by atoms with van der Waals surface area (Å²) in [6.07, 6.45) is -0.931. The van der Waals surface area contributed by atoms with E-state index in [0.29, 0.717) is 6.54 Å². The van der Waals surface area contributed by atoms with E-state index in [1.807, 2.05) is 75.4 Å². The summed E-state index contributed by atoms with van der Waals surface area (Å²) in [6, 6.07) is 15.4. The number of nitrogens with one attached hydrogen (secondary N) is 2. The van der Waals surface area contributed by atoms with Gasteiger partial charge in [0.25, 0.3) is 5.91 Å². The van der Waals surface area contributed by atoms with Gasteiger partial charge >= 0.3 is 0 Å². The van der Waals surface area contributed by atoms with Gasteiger partial charge in [-0.05, 0) is 50.3 Å². The number of amides is 3. The maximum Gasteiger partial charge on any atom is 0.254 e. The van der Waals surface area contributed by atoms with Crippen molar-refractivity contribution in [1.29, 1.82) is 0 Å². The number of carbonyl (C=O) groups is 3. The molecule has 0 radical (unpaired) electrons. The summed E-state index contributed by atoms with van der Waals surface area (Å²) in [5.74, 6) is -0.990. The van der Waals surface area contributed by atoms with E-state index in [-0.39, 0.29) is 43.6 Å². The third kappa shape index (κ3) is 7.56. The predicted octanol–water partition coefficient (Wildman–Crippen LogP) is 2.15. The Morgan fingerprint density at radius 1 is 1.11 bits per heavy atom. The molecule has 8 nitrogen and oxygen atoms in total. The van der Waals surface area contributed by atoms with Gasteiger partial charge in [0.15, 0.2) is 6.10 Å². The highest BCUT2D eigenvalue weighted by Crippen LogP contribution is 2.40. The molecule has 0 spiro atoms. The predicted molar refractivity (Wildman–Crippen MR) is 145 cm³/mol. The Kier molecular flexibility index (Phi) is 10.1. The maximum atomic E-state index is 13.6. The Balaban J connectivity index is 1.77. The van der Waals surface area contributed by atoms with Crippen LogP contribution in [0.25, 0.3) is 0 Å². The molecule has 1 aliphatic rings. The van der Waals surface area contributed by atoms with Crippen molar-refractivity contribution < 1.29 is 24.6 Å². The molecule has 2 aromatic rings. The molecule has 1 heterocycles. The van der Waals surface area contributed by atoms with Crippen molar-refractivity contribution in [2.75, 3.05) is 12.5 Å². The van der Waals surface area contributed by atoms with E-state index < -0.39 is 28.8 Å². The van der Waals surface area contributed by atoms with Crippen molar-refractivity contribution in [1.82, 2.24) is 15.5 Å². The number of aliphatic hydroxyl groups excluding tert-OH is 2. The lowest BCUT2D eigenvalue weighted by Crippen LogP contribution is -2.58. The quantitative estimate of drug-likeness (QED) is 0.356. The average molecular weight is 528 g/mol. The van der Waals surface area contributed by atoms with Crippen molar-refractivity contribution in [2.45, 2.75) is 69.5 Å². The van der Waals surface area contributed by atoms with E-state index in [9.17, 15) is 19.5 Å². The summed E-state index contributed by atoms with van der Waals surface area (Å²) in [4.78, 5) is 40.8. The number of hydrogen-bond donors (Lipinski definition) is 4. The Morgan fingerprint density at radius 3 is 2.46 bits per heavy atom. The zero-order valence-electron chi connectivity index (χ0n) is 21.6. The van der Waals surface area contributed by atoms with Crippen molar-refractivity contribution in [2.24, 2.45) is 0 Å².